The van der Waals surface area contributed by atoms with Gasteiger partial charge in [-0.1, -0.05) is 46.2 Å². The fourth-order valence-corrected chi connectivity index (χ4v) is 5.51. The fraction of sp³-hybridized carbons (Fsp3) is 0.480. The third kappa shape index (κ3) is 2.71. The van der Waals surface area contributed by atoms with Gasteiger partial charge in [0.2, 0.25) is 5.91 Å². The largest absolute Gasteiger partial charge is 0.325 e. The predicted octanol–water partition coefficient (Wildman–Crippen LogP) is 4.53. The maximum Gasteiger partial charge on any atom is 0.237 e. The Kier molecular flexibility index (Phi) is 4.85. The Balaban J connectivity index is 1.75. The van der Waals surface area contributed by atoms with Crippen LogP contribution in [0.2, 0.25) is 0 Å². The van der Waals surface area contributed by atoms with Gasteiger partial charge in [0.1, 0.15) is 12.1 Å². The molecule has 0 aliphatic heterocycles. The number of unbranched alkanes of at least 4 members (excludes halogenated alkanes) is 1. The molecule has 2 aliphatic carbocycles. The molecule has 1 aromatic carbocycles. The molecule has 1 saturated carbocycles. The highest BCUT2D eigenvalue weighted by Gasteiger charge is 2.73. The van der Waals surface area contributed by atoms with Gasteiger partial charge in [0.15, 0.2) is 11.4 Å². The van der Waals surface area contributed by atoms with Crippen LogP contribution in [0.25, 0.3) is 0 Å². The molecule has 4 rings (SSSR count). The molecule has 6 heteroatoms. The molecule has 2 aromatic rings. The van der Waals surface area contributed by atoms with E-state index in [0.29, 0.717) is 17.8 Å². The maximum atomic E-state index is 13.8. The van der Waals surface area contributed by atoms with Gasteiger partial charge in [-0.3, -0.25) is 4.79 Å². The molecule has 2 atom stereocenters. The van der Waals surface area contributed by atoms with E-state index in [1.54, 1.807) is 0 Å². The average molecular weight is 414 g/mol. The maximum absolute atomic E-state index is 13.8. The highest BCUT2D eigenvalue weighted by Crippen LogP contribution is 2.70. The summed E-state index contributed by atoms with van der Waals surface area (Å²) in [6, 6.07) is 12.0. The van der Waals surface area contributed by atoms with Crippen LogP contribution in [0.15, 0.2) is 24.3 Å². The molecule has 31 heavy (non-hydrogen) atoms. The first-order valence-electron chi connectivity index (χ1n) is 10.9. The van der Waals surface area contributed by atoms with Crippen LogP contribution in [0.3, 0.4) is 0 Å². The van der Waals surface area contributed by atoms with Gasteiger partial charge >= 0.3 is 0 Å². The van der Waals surface area contributed by atoms with Gasteiger partial charge in [-0.25, -0.2) is 9.97 Å². The highest BCUT2D eigenvalue weighted by molar-refractivity contribution is 6.01. The predicted molar refractivity (Wildman–Crippen MR) is 117 cm³/mol. The number of aryl methyl sites for hydroxylation is 1. The summed E-state index contributed by atoms with van der Waals surface area (Å²) < 4.78 is 0. The summed E-state index contributed by atoms with van der Waals surface area (Å²) in [6.45, 7) is 8.42. The summed E-state index contributed by atoms with van der Waals surface area (Å²) >= 11 is 0. The van der Waals surface area contributed by atoms with Crippen molar-refractivity contribution in [1.82, 2.24) is 9.97 Å². The van der Waals surface area contributed by atoms with Crippen molar-refractivity contribution in [2.24, 2.45) is 5.41 Å². The summed E-state index contributed by atoms with van der Waals surface area (Å²) in [5.74, 6) is -0.121. The van der Waals surface area contributed by atoms with Crippen LogP contribution >= 0.6 is 0 Å². The van der Waals surface area contributed by atoms with Gasteiger partial charge in [0.05, 0.1) is 16.8 Å². The zero-order valence-electron chi connectivity index (χ0n) is 18.5. The van der Waals surface area contributed by atoms with Crippen molar-refractivity contribution in [2.75, 3.05) is 5.32 Å². The molecule has 1 N–H and O–H groups in total. The second-order valence-electron chi connectivity index (χ2n) is 9.46. The zero-order chi connectivity index (χ0) is 22.4. The molecule has 2 bridgehead atoms. The lowest BCUT2D eigenvalue weighted by atomic mass is 9.63. The van der Waals surface area contributed by atoms with Crippen LogP contribution in [-0.2, 0) is 22.0 Å². The molecule has 2 unspecified atom stereocenters. The molecular weight excluding hydrogens is 386 g/mol. The molecule has 6 nitrogen and oxygen atoms in total. The van der Waals surface area contributed by atoms with Crippen LogP contribution in [0.4, 0.5) is 5.69 Å². The number of amides is 1. The minimum atomic E-state index is -0.898. The molecule has 0 radical (unpaired) electrons. The first-order valence-corrected chi connectivity index (χ1v) is 10.9. The second-order valence-corrected chi connectivity index (χ2v) is 9.46. The van der Waals surface area contributed by atoms with Gasteiger partial charge in [-0.2, -0.15) is 10.5 Å². The molecule has 1 heterocycles. The quantitative estimate of drug-likeness (QED) is 0.776. The second kappa shape index (κ2) is 7.17. The Hall–Kier alpha value is -3.25. The molecule has 158 valence electrons. The Morgan fingerprint density at radius 3 is 2.23 bits per heavy atom. The number of fused-ring (bicyclic) bond motifs is 5. The standard InChI is InChI=1S/C25H27N5O/c1-5-6-7-16-8-10-17(11-9-16)28-22(31)25-13-12-24(4,23(25,2)3)20-21(25)30-19(15-27)18(14-26)29-20/h8-11H,5-7,12-13H2,1-4H3,(H,28,31). The van der Waals surface area contributed by atoms with E-state index in [9.17, 15) is 15.3 Å². The monoisotopic (exact) mass is 413 g/mol. The van der Waals surface area contributed by atoms with Crippen LogP contribution in [0, 0.1) is 28.1 Å². The molecule has 2 aliphatic rings. The average Bonchev–Trinajstić information content (AvgIpc) is 3.07. The Bertz CT molecular complexity index is 1140. The number of anilines is 1. The van der Waals surface area contributed by atoms with Gasteiger partial charge in [-0.15, -0.1) is 0 Å². The van der Waals surface area contributed by atoms with Crippen LogP contribution < -0.4 is 5.32 Å². The van der Waals surface area contributed by atoms with Crippen molar-refractivity contribution in [1.29, 1.82) is 10.5 Å². The van der Waals surface area contributed by atoms with E-state index in [1.807, 2.05) is 24.3 Å². The van der Waals surface area contributed by atoms with E-state index in [4.69, 9.17) is 0 Å². The summed E-state index contributed by atoms with van der Waals surface area (Å²) in [4.78, 5) is 22.9. The summed E-state index contributed by atoms with van der Waals surface area (Å²) in [6.07, 6.45) is 4.73. The van der Waals surface area contributed by atoms with Crippen LogP contribution in [0.1, 0.15) is 81.7 Å². The SMILES string of the molecule is CCCCc1ccc(NC(=O)C23CCC(C)(c4nc(C#N)c(C#N)nc42)C3(C)C)cc1. The lowest BCUT2D eigenvalue weighted by Gasteiger charge is -2.39. The van der Waals surface area contributed by atoms with Gasteiger partial charge in [0.25, 0.3) is 0 Å². The highest BCUT2D eigenvalue weighted by atomic mass is 16.2. The molecule has 1 amide bonds. The number of carbonyl (C=O) groups excluding carboxylic acids is 1. The van der Waals surface area contributed by atoms with Crippen molar-refractivity contribution in [2.45, 2.75) is 70.6 Å². The third-order valence-corrected chi connectivity index (χ3v) is 7.90. The van der Waals surface area contributed by atoms with Crippen molar-refractivity contribution >= 4 is 11.6 Å². The Morgan fingerprint density at radius 2 is 1.65 bits per heavy atom. The molecule has 1 aromatic heterocycles. The van der Waals surface area contributed by atoms with Crippen molar-refractivity contribution < 1.29 is 4.79 Å². The lowest BCUT2D eigenvalue weighted by Crippen LogP contribution is -2.48. The number of nitrogens with zero attached hydrogens (tertiary/aromatic N) is 4. The smallest absolute Gasteiger partial charge is 0.237 e. The molecule has 0 saturated heterocycles. The number of nitriles is 2. The normalized spacial score (nSPS) is 24.8. The molecule has 1 fully saturated rings. The van der Waals surface area contributed by atoms with Gasteiger partial charge < -0.3 is 5.32 Å². The van der Waals surface area contributed by atoms with E-state index in [2.05, 4.69) is 55.1 Å². The van der Waals surface area contributed by atoms with E-state index in [-0.39, 0.29) is 17.3 Å². The van der Waals surface area contributed by atoms with Gasteiger partial charge in [-0.05, 0) is 48.8 Å². The zero-order valence-corrected chi connectivity index (χ0v) is 18.5. The van der Waals surface area contributed by atoms with E-state index >= 15 is 0 Å². The van der Waals surface area contributed by atoms with Crippen molar-refractivity contribution in [3.05, 3.63) is 52.6 Å². The van der Waals surface area contributed by atoms with Crippen molar-refractivity contribution in [3.8, 4) is 12.1 Å². The summed E-state index contributed by atoms with van der Waals surface area (Å²) in [5.41, 5.74) is 1.51. The van der Waals surface area contributed by atoms with Crippen LogP contribution in [-0.4, -0.2) is 15.9 Å². The Labute approximate surface area is 183 Å². The summed E-state index contributed by atoms with van der Waals surface area (Å²) in [7, 11) is 0. The molecule has 0 spiro atoms. The molecular formula is C25H27N5O. The summed E-state index contributed by atoms with van der Waals surface area (Å²) in [5, 5.41) is 22.0. The van der Waals surface area contributed by atoms with E-state index in [1.165, 1.54) is 5.56 Å². The van der Waals surface area contributed by atoms with Crippen molar-refractivity contribution in [3.63, 3.8) is 0 Å². The number of rotatable bonds is 5. The number of carbonyl (C=O) groups is 1. The number of aromatic nitrogens is 2. The van der Waals surface area contributed by atoms with E-state index < -0.39 is 16.2 Å². The third-order valence-electron chi connectivity index (χ3n) is 7.90. The minimum absolute atomic E-state index is 0.0133. The number of benzene rings is 1. The Morgan fingerprint density at radius 1 is 1.03 bits per heavy atom. The van der Waals surface area contributed by atoms with Gasteiger partial charge in [0, 0.05) is 11.1 Å². The number of hydrogen-bond donors (Lipinski definition) is 1. The number of hydrogen-bond acceptors (Lipinski definition) is 5. The van der Waals surface area contributed by atoms with Crippen LogP contribution in [0.5, 0.6) is 0 Å². The first kappa shape index (κ1) is 21.0. The first-order chi connectivity index (χ1) is 14.7. The fourth-order valence-electron chi connectivity index (χ4n) is 5.51. The topological polar surface area (TPSA) is 102 Å². The van der Waals surface area contributed by atoms with E-state index in [0.717, 1.165) is 31.4 Å². The minimum Gasteiger partial charge on any atom is -0.325 e. The number of nitrogens with one attached hydrogen (secondary N) is 1. The lowest BCUT2D eigenvalue weighted by molar-refractivity contribution is -0.125.